The molecule has 4 heteroatoms. The van der Waals surface area contributed by atoms with Crippen molar-refractivity contribution in [3.63, 3.8) is 0 Å². The Kier molecular flexibility index (Phi) is 5.75. The van der Waals surface area contributed by atoms with Crippen LogP contribution in [-0.4, -0.2) is 18.0 Å². The van der Waals surface area contributed by atoms with Crippen LogP contribution in [0, 0.1) is 6.92 Å². The predicted molar refractivity (Wildman–Crippen MR) is 92.0 cm³/mol. The molecule has 2 atom stereocenters. The standard InChI is InChI=1S/C18H24N2OS/c1-12(2)19-18(21)14(4)20-17(16-6-5-11-22-16)15-9-7-13(3)8-10-15/h5-12,14,17,20H,1-4H3,(H,19,21)/p+1/t14-,17+/m0/s1. The highest BCUT2D eigenvalue weighted by atomic mass is 32.1. The molecule has 0 spiro atoms. The van der Waals surface area contributed by atoms with Crippen LogP contribution < -0.4 is 10.6 Å². The van der Waals surface area contributed by atoms with E-state index in [-0.39, 0.29) is 24.0 Å². The number of hydrogen-bond acceptors (Lipinski definition) is 2. The van der Waals surface area contributed by atoms with Crippen molar-refractivity contribution in [1.29, 1.82) is 0 Å². The molecule has 3 nitrogen and oxygen atoms in total. The predicted octanol–water partition coefficient (Wildman–Crippen LogP) is 2.62. The van der Waals surface area contributed by atoms with Crippen LogP contribution in [0.5, 0.6) is 0 Å². The molecule has 0 fully saturated rings. The van der Waals surface area contributed by atoms with E-state index in [4.69, 9.17) is 0 Å². The van der Waals surface area contributed by atoms with Crippen LogP contribution in [0.2, 0.25) is 0 Å². The Hall–Kier alpha value is -1.65. The number of nitrogens with two attached hydrogens (primary N) is 1. The highest BCUT2D eigenvalue weighted by molar-refractivity contribution is 7.10. The van der Waals surface area contributed by atoms with Crippen LogP contribution in [0.1, 0.15) is 42.8 Å². The number of rotatable bonds is 6. The van der Waals surface area contributed by atoms with Crippen molar-refractivity contribution in [2.45, 2.75) is 45.8 Å². The van der Waals surface area contributed by atoms with Gasteiger partial charge in [-0.25, -0.2) is 0 Å². The molecule has 2 rings (SSSR count). The zero-order valence-corrected chi connectivity index (χ0v) is 14.5. The Morgan fingerprint density at radius 2 is 1.82 bits per heavy atom. The summed E-state index contributed by atoms with van der Waals surface area (Å²) in [5.41, 5.74) is 2.48. The molecular weight excluding hydrogens is 292 g/mol. The summed E-state index contributed by atoms with van der Waals surface area (Å²) in [7, 11) is 0. The molecule has 0 saturated carbocycles. The third-order valence-electron chi connectivity index (χ3n) is 3.61. The molecule has 0 aliphatic rings. The van der Waals surface area contributed by atoms with Gasteiger partial charge in [0.15, 0.2) is 6.04 Å². The number of amides is 1. The van der Waals surface area contributed by atoms with E-state index in [0.29, 0.717) is 0 Å². The summed E-state index contributed by atoms with van der Waals surface area (Å²) in [6, 6.07) is 13.0. The fourth-order valence-corrected chi connectivity index (χ4v) is 3.24. The van der Waals surface area contributed by atoms with Crippen LogP contribution in [0.4, 0.5) is 0 Å². The summed E-state index contributed by atoms with van der Waals surface area (Å²) in [5, 5.41) is 7.22. The normalized spacial score (nSPS) is 13.9. The smallest absolute Gasteiger partial charge is 0.278 e. The fraction of sp³-hybridized carbons (Fsp3) is 0.389. The van der Waals surface area contributed by atoms with Gasteiger partial charge < -0.3 is 10.6 Å². The highest BCUT2D eigenvalue weighted by Gasteiger charge is 2.25. The van der Waals surface area contributed by atoms with Crippen molar-refractivity contribution in [2.75, 3.05) is 0 Å². The second-order valence-electron chi connectivity index (χ2n) is 6.05. The highest BCUT2D eigenvalue weighted by Crippen LogP contribution is 2.23. The minimum atomic E-state index is -0.129. The third kappa shape index (κ3) is 4.42. The lowest BCUT2D eigenvalue weighted by Crippen LogP contribution is -2.92. The molecule has 0 unspecified atom stereocenters. The number of aryl methyl sites for hydroxylation is 1. The van der Waals surface area contributed by atoms with Gasteiger partial charge in [0.05, 0.1) is 4.88 Å². The van der Waals surface area contributed by atoms with E-state index in [1.807, 2.05) is 20.8 Å². The second kappa shape index (κ2) is 7.56. The van der Waals surface area contributed by atoms with E-state index < -0.39 is 0 Å². The Labute approximate surface area is 136 Å². The van der Waals surface area contributed by atoms with E-state index in [1.165, 1.54) is 16.0 Å². The minimum absolute atomic E-state index is 0.0867. The maximum Gasteiger partial charge on any atom is 0.278 e. The van der Waals surface area contributed by atoms with Crippen LogP contribution >= 0.6 is 11.3 Å². The van der Waals surface area contributed by atoms with Gasteiger partial charge in [0.25, 0.3) is 5.91 Å². The van der Waals surface area contributed by atoms with Gasteiger partial charge in [-0.2, -0.15) is 0 Å². The Balaban J connectivity index is 2.19. The lowest BCUT2D eigenvalue weighted by molar-refractivity contribution is -0.704. The first-order valence-electron chi connectivity index (χ1n) is 7.72. The molecule has 118 valence electrons. The number of carbonyl (C=O) groups is 1. The molecule has 1 amide bonds. The Morgan fingerprint density at radius 3 is 2.36 bits per heavy atom. The third-order valence-corrected chi connectivity index (χ3v) is 4.57. The Bertz CT molecular complexity index is 590. The number of nitrogens with one attached hydrogen (secondary N) is 1. The summed E-state index contributed by atoms with van der Waals surface area (Å²) in [6.45, 7) is 8.03. The zero-order chi connectivity index (χ0) is 16.1. The van der Waals surface area contributed by atoms with Crippen molar-refractivity contribution in [1.82, 2.24) is 5.32 Å². The lowest BCUT2D eigenvalue weighted by Gasteiger charge is -2.20. The number of carbonyl (C=O) groups excluding carboxylic acids is 1. The van der Waals surface area contributed by atoms with Gasteiger partial charge in [-0.15, -0.1) is 11.3 Å². The molecule has 1 aromatic heterocycles. The van der Waals surface area contributed by atoms with Crippen LogP contribution in [0.15, 0.2) is 41.8 Å². The zero-order valence-electron chi connectivity index (χ0n) is 13.7. The molecule has 0 radical (unpaired) electrons. The first-order valence-corrected chi connectivity index (χ1v) is 8.60. The summed E-state index contributed by atoms with van der Waals surface area (Å²) in [5.74, 6) is 0.0867. The maximum absolute atomic E-state index is 12.2. The van der Waals surface area contributed by atoms with E-state index in [2.05, 4.69) is 59.3 Å². The first-order chi connectivity index (χ1) is 10.5. The number of quaternary nitrogens is 1. The summed E-state index contributed by atoms with van der Waals surface area (Å²) in [4.78, 5) is 13.5. The van der Waals surface area contributed by atoms with E-state index in [0.717, 1.165) is 0 Å². The summed E-state index contributed by atoms with van der Waals surface area (Å²) < 4.78 is 0. The minimum Gasteiger partial charge on any atom is -0.349 e. The van der Waals surface area contributed by atoms with Crippen LogP contribution in [0.25, 0.3) is 0 Å². The second-order valence-corrected chi connectivity index (χ2v) is 7.03. The first kappa shape index (κ1) is 16.7. The van der Waals surface area contributed by atoms with E-state index in [9.17, 15) is 4.79 Å². The van der Waals surface area contributed by atoms with Gasteiger partial charge in [0, 0.05) is 11.6 Å². The molecule has 0 bridgehead atoms. The molecule has 0 saturated heterocycles. The number of benzene rings is 1. The molecule has 0 aliphatic carbocycles. The quantitative estimate of drug-likeness (QED) is 0.845. The topological polar surface area (TPSA) is 45.7 Å². The summed E-state index contributed by atoms with van der Waals surface area (Å²) in [6.07, 6.45) is 0. The van der Waals surface area contributed by atoms with Gasteiger partial charge in [-0.1, -0.05) is 35.9 Å². The summed E-state index contributed by atoms with van der Waals surface area (Å²) >= 11 is 1.73. The van der Waals surface area contributed by atoms with Gasteiger partial charge in [-0.05, 0) is 39.1 Å². The van der Waals surface area contributed by atoms with Gasteiger partial charge >= 0.3 is 0 Å². The molecular formula is C18H25N2OS+. The van der Waals surface area contributed by atoms with Crippen LogP contribution in [-0.2, 0) is 4.79 Å². The molecule has 2 aromatic rings. The van der Waals surface area contributed by atoms with Gasteiger partial charge in [0.1, 0.15) is 6.04 Å². The molecule has 22 heavy (non-hydrogen) atoms. The van der Waals surface area contributed by atoms with Crippen molar-refractivity contribution in [3.8, 4) is 0 Å². The monoisotopic (exact) mass is 317 g/mol. The van der Waals surface area contributed by atoms with Crippen molar-refractivity contribution in [2.24, 2.45) is 0 Å². The van der Waals surface area contributed by atoms with Crippen molar-refractivity contribution >= 4 is 17.2 Å². The van der Waals surface area contributed by atoms with Gasteiger partial charge in [-0.3, -0.25) is 4.79 Å². The van der Waals surface area contributed by atoms with E-state index in [1.54, 1.807) is 11.3 Å². The molecule has 1 heterocycles. The number of hydrogen-bond donors (Lipinski definition) is 2. The molecule has 3 N–H and O–H groups in total. The Morgan fingerprint density at radius 1 is 1.14 bits per heavy atom. The molecule has 1 aromatic carbocycles. The number of thiophene rings is 1. The fourth-order valence-electron chi connectivity index (χ4n) is 2.40. The van der Waals surface area contributed by atoms with Crippen molar-refractivity contribution < 1.29 is 10.1 Å². The van der Waals surface area contributed by atoms with Gasteiger partial charge in [0.2, 0.25) is 0 Å². The largest absolute Gasteiger partial charge is 0.349 e. The maximum atomic E-state index is 12.2. The van der Waals surface area contributed by atoms with Crippen molar-refractivity contribution in [3.05, 3.63) is 57.8 Å². The lowest BCUT2D eigenvalue weighted by atomic mass is 10.0. The van der Waals surface area contributed by atoms with E-state index >= 15 is 0 Å². The average molecular weight is 317 g/mol. The molecule has 0 aliphatic heterocycles. The van der Waals surface area contributed by atoms with Crippen LogP contribution in [0.3, 0.4) is 0 Å². The average Bonchev–Trinajstić information content (AvgIpc) is 2.98. The SMILES string of the molecule is Cc1ccc([C@@H]([NH2+][C@@H](C)C(=O)NC(C)C)c2cccs2)cc1.